The summed E-state index contributed by atoms with van der Waals surface area (Å²) < 4.78 is 5.60. The number of hydrogen-bond donors (Lipinski definition) is 2. The van der Waals surface area contributed by atoms with Gasteiger partial charge in [0, 0.05) is 50.9 Å². The first-order chi connectivity index (χ1) is 11.3. The second-order valence-corrected chi connectivity index (χ2v) is 6.59. The van der Waals surface area contributed by atoms with E-state index in [1.165, 1.54) is 18.5 Å². The predicted octanol–water partition coefficient (Wildman–Crippen LogP) is 2.18. The van der Waals surface area contributed by atoms with Crippen LogP contribution in [0.5, 0.6) is 0 Å². The molecule has 2 fully saturated rings. The van der Waals surface area contributed by atoms with E-state index < -0.39 is 0 Å². The third-order valence-electron chi connectivity index (χ3n) is 4.87. The summed E-state index contributed by atoms with van der Waals surface area (Å²) in [5.41, 5.74) is 1.56. The fourth-order valence-corrected chi connectivity index (χ4v) is 3.50. The molecule has 2 saturated heterocycles. The lowest BCUT2D eigenvalue weighted by Gasteiger charge is -2.25. The van der Waals surface area contributed by atoms with Crippen molar-refractivity contribution in [1.82, 2.24) is 10.2 Å². The Balaban J connectivity index is 1.37. The van der Waals surface area contributed by atoms with Crippen LogP contribution in [0.25, 0.3) is 0 Å². The van der Waals surface area contributed by atoms with E-state index in [1.807, 2.05) is 13.1 Å². The standard InChI is InChI=1S/C18H28N4O/c1-19-17(22-12-8-18(14-22)9-13-23-15-18)21-11-5-10-20-16-6-3-2-4-7-16/h2-4,6-7,20H,5,8-15H2,1H3,(H,19,21). The largest absolute Gasteiger partial charge is 0.385 e. The van der Waals surface area contributed by atoms with Crippen LogP contribution in [0, 0.1) is 5.41 Å². The first-order valence-electron chi connectivity index (χ1n) is 8.64. The molecule has 0 amide bonds. The molecule has 0 saturated carbocycles. The molecule has 0 aliphatic carbocycles. The number of benzene rings is 1. The first kappa shape index (κ1) is 16.1. The summed E-state index contributed by atoms with van der Waals surface area (Å²) in [6, 6.07) is 10.3. The minimum absolute atomic E-state index is 0.381. The van der Waals surface area contributed by atoms with Crippen molar-refractivity contribution in [2.24, 2.45) is 10.4 Å². The van der Waals surface area contributed by atoms with Crippen molar-refractivity contribution in [3.05, 3.63) is 30.3 Å². The van der Waals surface area contributed by atoms with Gasteiger partial charge in [-0.25, -0.2) is 0 Å². The summed E-state index contributed by atoms with van der Waals surface area (Å²) in [5, 5.41) is 6.93. The predicted molar refractivity (Wildman–Crippen MR) is 95.0 cm³/mol. The van der Waals surface area contributed by atoms with Gasteiger partial charge in [-0.05, 0) is 31.4 Å². The minimum atomic E-state index is 0.381. The Hall–Kier alpha value is -1.75. The highest BCUT2D eigenvalue weighted by atomic mass is 16.5. The van der Waals surface area contributed by atoms with Crippen molar-refractivity contribution >= 4 is 11.6 Å². The molecule has 1 atom stereocenters. The van der Waals surface area contributed by atoms with Crippen LogP contribution in [0.15, 0.2) is 35.3 Å². The SMILES string of the molecule is CN=C(NCCCNc1ccccc1)N1CCC2(CCOC2)C1. The van der Waals surface area contributed by atoms with E-state index >= 15 is 0 Å². The van der Waals surface area contributed by atoms with Crippen LogP contribution in [0.2, 0.25) is 0 Å². The van der Waals surface area contributed by atoms with Gasteiger partial charge < -0.3 is 20.3 Å². The normalized spacial score (nSPS) is 24.4. The zero-order valence-electron chi connectivity index (χ0n) is 14.1. The van der Waals surface area contributed by atoms with Crippen LogP contribution >= 0.6 is 0 Å². The van der Waals surface area contributed by atoms with Gasteiger partial charge in [-0.3, -0.25) is 4.99 Å². The number of nitrogens with one attached hydrogen (secondary N) is 2. The average Bonchev–Trinajstić information content (AvgIpc) is 3.22. The number of rotatable bonds is 5. The molecular formula is C18H28N4O. The van der Waals surface area contributed by atoms with E-state index in [9.17, 15) is 0 Å². The fourth-order valence-electron chi connectivity index (χ4n) is 3.50. The lowest BCUT2D eigenvalue weighted by molar-refractivity contribution is 0.156. The summed E-state index contributed by atoms with van der Waals surface area (Å²) in [6.07, 6.45) is 3.49. The molecule has 2 heterocycles. The van der Waals surface area contributed by atoms with Gasteiger partial charge in [-0.2, -0.15) is 0 Å². The van der Waals surface area contributed by atoms with E-state index in [-0.39, 0.29) is 0 Å². The maximum Gasteiger partial charge on any atom is 0.193 e. The molecule has 0 bridgehead atoms. The van der Waals surface area contributed by atoms with Crippen molar-refractivity contribution in [2.75, 3.05) is 51.8 Å². The molecule has 1 unspecified atom stereocenters. The van der Waals surface area contributed by atoms with Gasteiger partial charge in [0.2, 0.25) is 0 Å². The van der Waals surface area contributed by atoms with Gasteiger partial charge >= 0.3 is 0 Å². The molecule has 1 aromatic rings. The van der Waals surface area contributed by atoms with Gasteiger partial charge in [0.05, 0.1) is 6.61 Å². The molecule has 1 spiro atoms. The topological polar surface area (TPSA) is 48.9 Å². The van der Waals surface area contributed by atoms with Gasteiger partial charge in [0.15, 0.2) is 5.96 Å². The zero-order valence-corrected chi connectivity index (χ0v) is 14.1. The molecule has 0 aromatic heterocycles. The maximum atomic E-state index is 5.60. The first-order valence-corrected chi connectivity index (χ1v) is 8.64. The summed E-state index contributed by atoms with van der Waals surface area (Å²) in [4.78, 5) is 6.84. The van der Waals surface area contributed by atoms with Gasteiger partial charge in [-0.1, -0.05) is 18.2 Å². The fraction of sp³-hybridized carbons (Fsp3) is 0.611. The van der Waals surface area contributed by atoms with Gasteiger partial charge in [0.25, 0.3) is 0 Å². The van der Waals surface area contributed by atoms with Crippen molar-refractivity contribution in [1.29, 1.82) is 0 Å². The van der Waals surface area contributed by atoms with Crippen LogP contribution in [0.4, 0.5) is 5.69 Å². The molecule has 2 aliphatic heterocycles. The monoisotopic (exact) mass is 316 g/mol. The number of likely N-dealkylation sites (tertiary alicyclic amines) is 1. The van der Waals surface area contributed by atoms with E-state index in [0.29, 0.717) is 5.41 Å². The highest BCUT2D eigenvalue weighted by molar-refractivity contribution is 5.80. The molecule has 3 rings (SSSR count). The van der Waals surface area contributed by atoms with Crippen LogP contribution in [0.3, 0.4) is 0 Å². The number of hydrogen-bond acceptors (Lipinski definition) is 3. The summed E-state index contributed by atoms with van der Waals surface area (Å²) in [5.74, 6) is 1.04. The Morgan fingerprint density at radius 1 is 1.26 bits per heavy atom. The molecule has 5 heteroatoms. The summed E-state index contributed by atoms with van der Waals surface area (Å²) >= 11 is 0. The van der Waals surface area contributed by atoms with Crippen molar-refractivity contribution < 1.29 is 4.74 Å². The van der Waals surface area contributed by atoms with E-state index in [2.05, 4.69) is 44.8 Å². The van der Waals surface area contributed by atoms with Crippen molar-refractivity contribution in [2.45, 2.75) is 19.3 Å². The van der Waals surface area contributed by atoms with Crippen LogP contribution in [0.1, 0.15) is 19.3 Å². The van der Waals surface area contributed by atoms with Gasteiger partial charge in [-0.15, -0.1) is 0 Å². The third-order valence-corrected chi connectivity index (χ3v) is 4.87. The smallest absolute Gasteiger partial charge is 0.193 e. The molecule has 126 valence electrons. The quantitative estimate of drug-likeness (QED) is 0.497. The third kappa shape index (κ3) is 4.16. The molecule has 1 aromatic carbocycles. The number of aliphatic imine (C=N–C) groups is 1. The summed E-state index contributed by atoms with van der Waals surface area (Å²) in [7, 11) is 1.88. The Morgan fingerprint density at radius 3 is 2.87 bits per heavy atom. The lowest BCUT2D eigenvalue weighted by Crippen LogP contribution is -2.42. The molecule has 23 heavy (non-hydrogen) atoms. The molecule has 5 nitrogen and oxygen atoms in total. The van der Waals surface area contributed by atoms with Crippen molar-refractivity contribution in [3.63, 3.8) is 0 Å². The molecule has 2 N–H and O–H groups in total. The maximum absolute atomic E-state index is 5.60. The second-order valence-electron chi connectivity index (χ2n) is 6.59. The average molecular weight is 316 g/mol. The molecule has 0 radical (unpaired) electrons. The number of nitrogens with zero attached hydrogens (tertiary/aromatic N) is 2. The Kier molecular flexibility index (Phi) is 5.39. The van der Waals surface area contributed by atoms with Crippen LogP contribution in [-0.4, -0.2) is 57.3 Å². The Bertz CT molecular complexity index is 511. The van der Waals surface area contributed by atoms with Crippen LogP contribution < -0.4 is 10.6 Å². The van der Waals surface area contributed by atoms with E-state index in [1.54, 1.807) is 0 Å². The van der Waals surface area contributed by atoms with Gasteiger partial charge in [0.1, 0.15) is 0 Å². The van der Waals surface area contributed by atoms with E-state index in [4.69, 9.17) is 4.74 Å². The van der Waals surface area contributed by atoms with E-state index in [0.717, 1.165) is 51.8 Å². The number of ether oxygens (including phenoxy) is 1. The lowest BCUT2D eigenvalue weighted by atomic mass is 9.87. The number of guanidine groups is 1. The summed E-state index contributed by atoms with van der Waals surface area (Å²) in [6.45, 7) is 5.91. The second kappa shape index (κ2) is 7.68. The highest BCUT2D eigenvalue weighted by Gasteiger charge is 2.42. The van der Waals surface area contributed by atoms with Crippen molar-refractivity contribution in [3.8, 4) is 0 Å². The number of anilines is 1. The number of para-hydroxylation sites is 1. The zero-order chi connectivity index (χ0) is 16.0. The molecule has 2 aliphatic rings. The highest BCUT2D eigenvalue weighted by Crippen LogP contribution is 2.38. The minimum Gasteiger partial charge on any atom is -0.385 e. The van der Waals surface area contributed by atoms with Crippen LogP contribution in [-0.2, 0) is 4.74 Å². The molecular weight excluding hydrogens is 288 g/mol. The Morgan fingerprint density at radius 2 is 2.13 bits per heavy atom. The Labute approximate surface area is 139 Å².